The van der Waals surface area contributed by atoms with E-state index in [2.05, 4.69) is 50.9 Å². The number of hydrogen-bond acceptors (Lipinski definition) is 2. The quantitative estimate of drug-likeness (QED) is 0.769. The molecule has 2 rings (SSSR count). The van der Waals surface area contributed by atoms with Gasteiger partial charge in [0, 0.05) is 31.2 Å². The molecule has 0 aromatic rings. The molecule has 20 heavy (non-hydrogen) atoms. The standard InChI is InChI=1S/C18H34N2/c1-15(2)9-12-20-13-16(17(3,4)5)19-14-18(20)10-7-6-8-11-18/h9,16,19H,6-8,10-14H2,1-5H3. The molecule has 0 amide bonds. The fourth-order valence-corrected chi connectivity index (χ4v) is 3.75. The van der Waals surface area contributed by atoms with Crippen molar-refractivity contribution in [1.29, 1.82) is 0 Å². The first-order valence-corrected chi connectivity index (χ1v) is 8.45. The van der Waals surface area contributed by atoms with Crippen LogP contribution in [0.25, 0.3) is 0 Å². The molecule has 1 N–H and O–H groups in total. The van der Waals surface area contributed by atoms with Gasteiger partial charge in [-0.3, -0.25) is 4.90 Å². The average Bonchev–Trinajstić information content (AvgIpc) is 2.37. The van der Waals surface area contributed by atoms with E-state index < -0.39 is 0 Å². The Morgan fingerprint density at radius 1 is 1.20 bits per heavy atom. The number of allylic oxidation sites excluding steroid dienone is 1. The summed E-state index contributed by atoms with van der Waals surface area (Å²) >= 11 is 0. The third-order valence-electron chi connectivity index (χ3n) is 5.30. The van der Waals surface area contributed by atoms with Gasteiger partial charge in [0.15, 0.2) is 0 Å². The van der Waals surface area contributed by atoms with Gasteiger partial charge in [0.25, 0.3) is 0 Å². The zero-order valence-corrected chi connectivity index (χ0v) is 14.3. The van der Waals surface area contributed by atoms with E-state index in [1.54, 1.807) is 0 Å². The first-order valence-electron chi connectivity index (χ1n) is 8.45. The molecule has 1 aliphatic carbocycles. The Labute approximate surface area is 126 Å². The Morgan fingerprint density at radius 3 is 2.40 bits per heavy atom. The molecule has 2 fully saturated rings. The molecule has 116 valence electrons. The third-order valence-corrected chi connectivity index (χ3v) is 5.30. The van der Waals surface area contributed by atoms with E-state index in [0.717, 1.165) is 6.54 Å². The summed E-state index contributed by atoms with van der Waals surface area (Å²) in [4.78, 5) is 2.80. The van der Waals surface area contributed by atoms with Crippen molar-refractivity contribution in [3.8, 4) is 0 Å². The van der Waals surface area contributed by atoms with Gasteiger partial charge >= 0.3 is 0 Å². The van der Waals surface area contributed by atoms with Gasteiger partial charge in [0.1, 0.15) is 0 Å². The second-order valence-electron chi connectivity index (χ2n) is 8.27. The first kappa shape index (κ1) is 16.0. The summed E-state index contributed by atoms with van der Waals surface area (Å²) in [6.07, 6.45) is 9.43. The Bertz CT molecular complexity index is 341. The number of rotatable bonds is 2. The van der Waals surface area contributed by atoms with Crippen molar-refractivity contribution in [1.82, 2.24) is 10.2 Å². The van der Waals surface area contributed by atoms with Gasteiger partial charge in [0.2, 0.25) is 0 Å². The van der Waals surface area contributed by atoms with Crippen molar-refractivity contribution in [2.75, 3.05) is 19.6 Å². The van der Waals surface area contributed by atoms with Gasteiger partial charge in [-0.15, -0.1) is 0 Å². The maximum atomic E-state index is 3.87. The van der Waals surface area contributed by atoms with Gasteiger partial charge in [-0.05, 0) is 32.1 Å². The molecule has 1 atom stereocenters. The van der Waals surface area contributed by atoms with Crippen LogP contribution in [0.1, 0.15) is 66.7 Å². The second-order valence-corrected chi connectivity index (χ2v) is 8.27. The largest absolute Gasteiger partial charge is 0.310 e. The van der Waals surface area contributed by atoms with Crippen LogP contribution in [-0.2, 0) is 0 Å². The molecule has 1 saturated carbocycles. The van der Waals surface area contributed by atoms with E-state index in [0.29, 0.717) is 17.0 Å². The van der Waals surface area contributed by atoms with Crippen LogP contribution in [0.3, 0.4) is 0 Å². The SMILES string of the molecule is CC(C)=CCN1CC(C(C)(C)C)NCC12CCCCC2. The van der Waals surface area contributed by atoms with Gasteiger partial charge in [-0.1, -0.05) is 51.7 Å². The normalized spacial score (nSPS) is 27.6. The lowest BCUT2D eigenvalue weighted by Gasteiger charge is -2.54. The van der Waals surface area contributed by atoms with Crippen LogP contribution in [0.2, 0.25) is 0 Å². The Balaban J connectivity index is 2.13. The molecule has 2 nitrogen and oxygen atoms in total. The minimum Gasteiger partial charge on any atom is -0.310 e. The van der Waals surface area contributed by atoms with Crippen LogP contribution in [0, 0.1) is 5.41 Å². The fourth-order valence-electron chi connectivity index (χ4n) is 3.75. The van der Waals surface area contributed by atoms with Crippen LogP contribution in [0.15, 0.2) is 11.6 Å². The fraction of sp³-hybridized carbons (Fsp3) is 0.889. The predicted octanol–water partition coefficient (Wildman–Crippen LogP) is 3.98. The summed E-state index contributed by atoms with van der Waals surface area (Å²) in [6.45, 7) is 15.1. The van der Waals surface area contributed by atoms with Gasteiger partial charge in [-0.25, -0.2) is 0 Å². The van der Waals surface area contributed by atoms with Gasteiger partial charge in [0.05, 0.1) is 0 Å². The minimum atomic E-state index is 0.347. The van der Waals surface area contributed by atoms with Crippen LogP contribution in [0.5, 0.6) is 0 Å². The average molecular weight is 278 g/mol. The summed E-state index contributed by atoms with van der Waals surface area (Å²) in [5.41, 5.74) is 2.23. The second kappa shape index (κ2) is 6.19. The Morgan fingerprint density at radius 2 is 1.85 bits per heavy atom. The van der Waals surface area contributed by atoms with E-state index in [9.17, 15) is 0 Å². The summed E-state index contributed by atoms with van der Waals surface area (Å²) in [5.74, 6) is 0. The Hall–Kier alpha value is -0.340. The van der Waals surface area contributed by atoms with Crippen LogP contribution >= 0.6 is 0 Å². The first-order chi connectivity index (χ1) is 9.33. The van der Waals surface area contributed by atoms with Crippen molar-refractivity contribution in [3.63, 3.8) is 0 Å². The lowest BCUT2D eigenvalue weighted by Crippen LogP contribution is -2.67. The molecule has 2 heteroatoms. The van der Waals surface area contributed by atoms with Crippen molar-refractivity contribution in [2.24, 2.45) is 5.41 Å². The van der Waals surface area contributed by atoms with Crippen LogP contribution in [0.4, 0.5) is 0 Å². The molecule has 1 heterocycles. The molecular formula is C18H34N2. The van der Waals surface area contributed by atoms with Crippen molar-refractivity contribution in [3.05, 3.63) is 11.6 Å². The predicted molar refractivity (Wildman–Crippen MR) is 88.1 cm³/mol. The summed E-state index contributed by atoms with van der Waals surface area (Å²) in [5, 5.41) is 3.87. The Kier molecular flexibility index (Phi) is 4.96. The number of nitrogens with zero attached hydrogens (tertiary/aromatic N) is 1. The van der Waals surface area contributed by atoms with E-state index in [1.165, 1.54) is 50.8 Å². The van der Waals surface area contributed by atoms with Crippen molar-refractivity contribution in [2.45, 2.75) is 78.3 Å². The molecule has 1 aliphatic heterocycles. The van der Waals surface area contributed by atoms with E-state index in [-0.39, 0.29) is 0 Å². The highest BCUT2D eigenvalue weighted by atomic mass is 15.3. The van der Waals surface area contributed by atoms with Gasteiger partial charge in [-0.2, -0.15) is 0 Å². The molecule has 0 radical (unpaired) electrons. The summed E-state index contributed by atoms with van der Waals surface area (Å²) < 4.78 is 0. The molecule has 1 spiro atoms. The van der Waals surface area contributed by atoms with E-state index in [4.69, 9.17) is 0 Å². The molecule has 1 unspecified atom stereocenters. The number of nitrogens with one attached hydrogen (secondary N) is 1. The van der Waals surface area contributed by atoms with E-state index >= 15 is 0 Å². The van der Waals surface area contributed by atoms with Crippen LogP contribution < -0.4 is 5.32 Å². The smallest absolute Gasteiger partial charge is 0.0338 e. The van der Waals surface area contributed by atoms with Gasteiger partial charge < -0.3 is 5.32 Å². The molecule has 0 aromatic carbocycles. The monoisotopic (exact) mass is 278 g/mol. The molecule has 1 saturated heterocycles. The maximum Gasteiger partial charge on any atom is 0.0338 e. The topological polar surface area (TPSA) is 15.3 Å². The summed E-state index contributed by atoms with van der Waals surface area (Å²) in [7, 11) is 0. The molecule has 0 bridgehead atoms. The van der Waals surface area contributed by atoms with E-state index in [1.807, 2.05) is 0 Å². The number of piperazine rings is 1. The zero-order chi connectivity index (χ0) is 14.8. The maximum absolute atomic E-state index is 3.87. The highest BCUT2D eigenvalue weighted by Crippen LogP contribution is 2.37. The van der Waals surface area contributed by atoms with Crippen LogP contribution in [-0.4, -0.2) is 36.1 Å². The lowest BCUT2D eigenvalue weighted by molar-refractivity contribution is -0.00187. The minimum absolute atomic E-state index is 0.347. The lowest BCUT2D eigenvalue weighted by atomic mass is 9.75. The molecular weight excluding hydrogens is 244 g/mol. The van der Waals surface area contributed by atoms with Crippen molar-refractivity contribution < 1.29 is 0 Å². The molecule has 2 aliphatic rings. The highest BCUT2D eigenvalue weighted by molar-refractivity contribution is 5.06. The summed E-state index contributed by atoms with van der Waals surface area (Å²) in [6, 6.07) is 0.612. The highest BCUT2D eigenvalue weighted by Gasteiger charge is 2.43. The molecule has 0 aromatic heterocycles. The number of hydrogen-bond donors (Lipinski definition) is 1. The van der Waals surface area contributed by atoms with Crippen molar-refractivity contribution >= 4 is 0 Å². The third kappa shape index (κ3) is 3.65. The zero-order valence-electron chi connectivity index (χ0n) is 14.3.